The number of nitrogen functional groups attached to an aromatic ring is 1. The van der Waals surface area contributed by atoms with Gasteiger partial charge in [-0.25, -0.2) is 9.71 Å². The van der Waals surface area contributed by atoms with Crippen LogP contribution in [0, 0.1) is 20.8 Å². The number of nitrogens with one attached hydrogen (secondary N) is 1. The van der Waals surface area contributed by atoms with Gasteiger partial charge in [-0.2, -0.15) is 8.42 Å². The van der Waals surface area contributed by atoms with Gasteiger partial charge in [0.1, 0.15) is 17.1 Å². The summed E-state index contributed by atoms with van der Waals surface area (Å²) in [5, 5.41) is -0.310. The molecule has 184 valence electrons. The quantitative estimate of drug-likeness (QED) is 0.540. The summed E-state index contributed by atoms with van der Waals surface area (Å²) in [4.78, 5) is 19.7. The molecule has 8 nitrogen and oxygen atoms in total. The molecule has 1 aromatic heterocycles. The first-order valence-corrected chi connectivity index (χ1v) is 12.7. The Bertz CT molecular complexity index is 1400. The number of hydrogen-bond acceptors (Lipinski definition) is 7. The Balaban J connectivity index is 1.78. The zero-order valence-electron chi connectivity index (χ0n) is 20.5. The normalized spacial score (nSPS) is 17.7. The number of carbonyl (C=O) groups is 1. The monoisotopic (exact) mass is 494 g/mol. The van der Waals surface area contributed by atoms with Crippen LogP contribution in [0.2, 0.25) is 0 Å². The molecule has 4 rings (SSSR count). The van der Waals surface area contributed by atoms with E-state index >= 15 is 0 Å². The van der Waals surface area contributed by atoms with Crippen LogP contribution in [0.1, 0.15) is 40.3 Å². The third-order valence-corrected chi connectivity index (χ3v) is 7.97. The second-order valence-corrected chi connectivity index (χ2v) is 10.8. The molecule has 0 radical (unpaired) electrons. The Hall–Kier alpha value is -3.43. The van der Waals surface area contributed by atoms with Crippen molar-refractivity contribution in [1.29, 1.82) is 0 Å². The van der Waals surface area contributed by atoms with Crippen molar-refractivity contribution in [3.8, 4) is 5.75 Å². The summed E-state index contributed by atoms with van der Waals surface area (Å²) in [5.74, 6) is 0.0345. The fourth-order valence-corrected chi connectivity index (χ4v) is 5.91. The first-order valence-electron chi connectivity index (χ1n) is 11.2. The smallest absolute Gasteiger partial charge is 0.281 e. The van der Waals surface area contributed by atoms with Gasteiger partial charge in [-0.05, 0) is 68.1 Å². The molecule has 0 saturated carbocycles. The van der Waals surface area contributed by atoms with E-state index in [9.17, 15) is 13.2 Å². The summed E-state index contributed by atoms with van der Waals surface area (Å²) in [6.45, 7) is 8.77. The molecule has 0 saturated heterocycles. The van der Waals surface area contributed by atoms with Gasteiger partial charge in [-0.3, -0.25) is 9.69 Å². The maximum absolute atomic E-state index is 13.8. The number of aromatic nitrogens is 1. The molecule has 1 atom stereocenters. The molecular weight excluding hydrogens is 464 g/mol. The summed E-state index contributed by atoms with van der Waals surface area (Å²) in [6, 6.07) is 14.0. The molecule has 0 spiro atoms. The Morgan fingerprint density at radius 1 is 1.14 bits per heavy atom. The molecule has 0 bridgehead atoms. The third kappa shape index (κ3) is 4.37. The van der Waals surface area contributed by atoms with Crippen LogP contribution < -0.4 is 15.2 Å². The van der Waals surface area contributed by atoms with E-state index in [-0.39, 0.29) is 10.8 Å². The molecular formula is C26H30N4O4S. The summed E-state index contributed by atoms with van der Waals surface area (Å²) in [7, 11) is -2.66. The largest absolute Gasteiger partial charge is 0.496 e. The van der Waals surface area contributed by atoms with E-state index in [2.05, 4.69) is 21.8 Å². The number of methoxy groups -OCH3 is 1. The van der Waals surface area contributed by atoms with E-state index in [1.54, 1.807) is 14.0 Å². The molecule has 1 aliphatic rings. The lowest BCUT2D eigenvalue weighted by Crippen LogP contribution is -2.52. The van der Waals surface area contributed by atoms with Crippen molar-refractivity contribution < 1.29 is 17.9 Å². The van der Waals surface area contributed by atoms with Crippen LogP contribution in [0.25, 0.3) is 0 Å². The lowest BCUT2D eigenvalue weighted by molar-refractivity contribution is -0.131. The van der Waals surface area contributed by atoms with Crippen molar-refractivity contribution in [2.24, 2.45) is 0 Å². The highest BCUT2D eigenvalue weighted by atomic mass is 32.2. The van der Waals surface area contributed by atoms with E-state index in [4.69, 9.17) is 10.5 Å². The number of nitrogens with two attached hydrogens (primary N) is 1. The van der Waals surface area contributed by atoms with Crippen LogP contribution >= 0.6 is 0 Å². The molecule has 1 unspecified atom stereocenters. The number of benzene rings is 2. The molecule has 3 aromatic rings. The zero-order valence-corrected chi connectivity index (χ0v) is 21.4. The van der Waals surface area contributed by atoms with E-state index < -0.39 is 21.5 Å². The number of ether oxygens (including phenoxy) is 1. The molecule has 9 heteroatoms. The second kappa shape index (κ2) is 8.98. The number of nitrogens with zero attached hydrogens (tertiary/aromatic N) is 2. The number of aryl methyl sites for hydroxylation is 3. The summed E-state index contributed by atoms with van der Waals surface area (Å²) < 4.78 is 33.9. The lowest BCUT2D eigenvalue weighted by atomic mass is 9.89. The second-order valence-electron chi connectivity index (χ2n) is 9.13. The van der Waals surface area contributed by atoms with Gasteiger partial charge in [0, 0.05) is 18.7 Å². The molecule has 3 N–H and O–H groups in total. The molecule has 1 aliphatic heterocycles. The minimum atomic E-state index is -4.24. The molecule has 0 fully saturated rings. The topological polar surface area (TPSA) is 115 Å². The molecule has 2 aromatic carbocycles. The minimum absolute atomic E-state index is 0.0504. The van der Waals surface area contributed by atoms with E-state index in [0.29, 0.717) is 24.4 Å². The standard InChI is InChI=1S/C26H30N4O4S/c1-16-12-17(2)19(18(3)13-16)14-30-15-20-21(8-6-9-22(20)34-5)26(30,4)25(31)29-35(32,33)24-11-7-10-23(27)28-24/h6-13H,14-15H2,1-5H3,(H2,27,28)(H,29,31). The fourth-order valence-electron chi connectivity index (χ4n) is 4.88. The first-order chi connectivity index (χ1) is 16.5. The highest BCUT2D eigenvalue weighted by Gasteiger charge is 2.49. The van der Waals surface area contributed by atoms with Gasteiger partial charge in [0.2, 0.25) is 0 Å². The lowest BCUT2D eigenvalue weighted by Gasteiger charge is -2.35. The van der Waals surface area contributed by atoms with Crippen molar-refractivity contribution in [2.45, 2.75) is 51.3 Å². The van der Waals surface area contributed by atoms with Gasteiger partial charge < -0.3 is 10.5 Å². The zero-order chi connectivity index (χ0) is 25.5. The van der Waals surface area contributed by atoms with Gasteiger partial charge in [0.25, 0.3) is 15.9 Å². The van der Waals surface area contributed by atoms with Crippen LogP contribution in [-0.4, -0.2) is 31.3 Å². The van der Waals surface area contributed by atoms with Crippen molar-refractivity contribution in [3.63, 3.8) is 0 Å². The average Bonchev–Trinajstić information content (AvgIpc) is 3.09. The Morgan fingerprint density at radius 3 is 2.43 bits per heavy atom. The van der Waals surface area contributed by atoms with E-state index in [1.165, 1.54) is 18.2 Å². The van der Waals surface area contributed by atoms with Crippen LogP contribution in [0.5, 0.6) is 5.75 Å². The summed E-state index contributed by atoms with van der Waals surface area (Å²) >= 11 is 0. The minimum Gasteiger partial charge on any atom is -0.496 e. The fraction of sp³-hybridized carbons (Fsp3) is 0.308. The number of amides is 1. The summed E-state index contributed by atoms with van der Waals surface area (Å²) in [5.41, 5.74) is 10.4. The van der Waals surface area contributed by atoms with Gasteiger partial charge in [-0.1, -0.05) is 35.9 Å². The number of fused-ring (bicyclic) bond motifs is 1. The van der Waals surface area contributed by atoms with Gasteiger partial charge >= 0.3 is 0 Å². The van der Waals surface area contributed by atoms with E-state index in [0.717, 1.165) is 27.8 Å². The molecule has 35 heavy (non-hydrogen) atoms. The van der Waals surface area contributed by atoms with Gasteiger partial charge in [0.15, 0.2) is 5.03 Å². The predicted molar refractivity (Wildman–Crippen MR) is 134 cm³/mol. The van der Waals surface area contributed by atoms with E-state index in [1.807, 2.05) is 43.9 Å². The number of hydrogen-bond donors (Lipinski definition) is 2. The molecule has 2 heterocycles. The summed E-state index contributed by atoms with van der Waals surface area (Å²) in [6.07, 6.45) is 0. The third-order valence-electron chi connectivity index (χ3n) is 6.74. The van der Waals surface area contributed by atoms with Gasteiger partial charge in [-0.15, -0.1) is 0 Å². The maximum Gasteiger partial charge on any atom is 0.281 e. The first kappa shape index (κ1) is 24.7. The average molecular weight is 495 g/mol. The highest BCUT2D eigenvalue weighted by Crippen LogP contribution is 2.44. The number of carbonyl (C=O) groups excluding carboxylic acids is 1. The van der Waals surface area contributed by atoms with Crippen molar-refractivity contribution >= 4 is 21.7 Å². The highest BCUT2D eigenvalue weighted by molar-refractivity contribution is 7.90. The number of rotatable bonds is 6. The Morgan fingerprint density at radius 2 is 1.80 bits per heavy atom. The van der Waals surface area contributed by atoms with Crippen LogP contribution in [0.3, 0.4) is 0 Å². The van der Waals surface area contributed by atoms with Crippen molar-refractivity contribution in [1.82, 2.24) is 14.6 Å². The van der Waals surface area contributed by atoms with Crippen LogP contribution in [-0.2, 0) is 33.4 Å². The van der Waals surface area contributed by atoms with Crippen molar-refractivity contribution in [3.05, 3.63) is 81.9 Å². The number of pyridine rings is 1. The molecule has 0 aliphatic carbocycles. The number of sulfonamides is 1. The Labute approximate surface area is 206 Å². The maximum atomic E-state index is 13.8. The van der Waals surface area contributed by atoms with Gasteiger partial charge in [0.05, 0.1) is 7.11 Å². The predicted octanol–water partition coefficient (Wildman–Crippen LogP) is 3.33. The molecule has 1 amide bonds. The Kier molecular flexibility index (Phi) is 6.33. The van der Waals surface area contributed by atoms with Crippen LogP contribution in [0.15, 0.2) is 53.6 Å². The van der Waals surface area contributed by atoms with Crippen LogP contribution in [0.4, 0.5) is 5.82 Å². The van der Waals surface area contributed by atoms with Crippen molar-refractivity contribution in [2.75, 3.05) is 12.8 Å². The SMILES string of the molecule is COc1cccc2c1CN(Cc1c(C)cc(C)cc1C)C2(C)C(=O)NS(=O)(=O)c1cccc(N)n1. The number of anilines is 1.